The summed E-state index contributed by atoms with van der Waals surface area (Å²) < 4.78 is 14.8. The van der Waals surface area contributed by atoms with E-state index in [0.717, 1.165) is 29.7 Å². The first-order valence-corrected chi connectivity index (χ1v) is 7.73. The van der Waals surface area contributed by atoms with Gasteiger partial charge in [-0.25, -0.2) is 4.39 Å². The van der Waals surface area contributed by atoms with Crippen LogP contribution in [0, 0.1) is 11.7 Å². The Morgan fingerprint density at radius 1 is 1.53 bits per heavy atom. The normalized spacial score (nSPS) is 21.6. The Morgan fingerprint density at radius 3 is 2.95 bits per heavy atom. The Bertz CT molecular complexity index is 419. The van der Waals surface area contributed by atoms with Crippen LogP contribution in [0.4, 0.5) is 4.39 Å². The minimum absolute atomic E-state index is 0.107. The van der Waals surface area contributed by atoms with Gasteiger partial charge in [0, 0.05) is 22.6 Å². The second kappa shape index (κ2) is 6.82. The fraction of sp³-hybridized carbons (Fsp3) is 0.600. The van der Waals surface area contributed by atoms with Gasteiger partial charge in [-0.1, -0.05) is 22.0 Å². The van der Waals surface area contributed by atoms with Crippen molar-refractivity contribution in [1.82, 2.24) is 10.2 Å². The summed E-state index contributed by atoms with van der Waals surface area (Å²) in [5.41, 5.74) is 0.773. The topological polar surface area (TPSA) is 15.3 Å². The highest BCUT2D eigenvalue weighted by atomic mass is 79.9. The van der Waals surface area contributed by atoms with E-state index < -0.39 is 0 Å². The van der Waals surface area contributed by atoms with E-state index >= 15 is 0 Å². The van der Waals surface area contributed by atoms with Gasteiger partial charge in [0.25, 0.3) is 0 Å². The minimum Gasteiger partial charge on any atom is -0.316 e. The summed E-state index contributed by atoms with van der Waals surface area (Å²) in [6, 6.07) is 5.43. The molecule has 0 aromatic heterocycles. The van der Waals surface area contributed by atoms with E-state index in [4.69, 9.17) is 0 Å². The molecule has 106 valence electrons. The number of hydrogen-bond donors (Lipinski definition) is 1. The molecule has 2 nitrogen and oxygen atoms in total. The van der Waals surface area contributed by atoms with Gasteiger partial charge in [-0.05, 0) is 58.0 Å². The number of nitrogens with zero attached hydrogens (tertiary/aromatic N) is 1. The summed E-state index contributed by atoms with van der Waals surface area (Å²) in [4.78, 5) is 2.25. The minimum atomic E-state index is -0.129. The van der Waals surface area contributed by atoms with Crippen molar-refractivity contribution in [3.63, 3.8) is 0 Å². The van der Waals surface area contributed by atoms with Crippen LogP contribution >= 0.6 is 15.9 Å². The molecular weight excluding hydrogens is 307 g/mol. The van der Waals surface area contributed by atoms with Gasteiger partial charge in [0.05, 0.1) is 0 Å². The molecule has 1 N–H and O–H groups in total. The van der Waals surface area contributed by atoms with Gasteiger partial charge < -0.3 is 5.32 Å². The van der Waals surface area contributed by atoms with Crippen LogP contribution in [0.2, 0.25) is 0 Å². The molecule has 4 heteroatoms. The number of hydrogen-bond acceptors (Lipinski definition) is 2. The monoisotopic (exact) mass is 328 g/mol. The van der Waals surface area contributed by atoms with Gasteiger partial charge in [-0.15, -0.1) is 0 Å². The maximum atomic E-state index is 14.0. The summed E-state index contributed by atoms with van der Waals surface area (Å²) in [6.07, 6.45) is 2.52. The van der Waals surface area contributed by atoms with Gasteiger partial charge in [-0.3, -0.25) is 4.90 Å². The molecule has 0 saturated carbocycles. The van der Waals surface area contributed by atoms with Crippen LogP contribution in [0.25, 0.3) is 0 Å². The maximum Gasteiger partial charge on any atom is 0.129 e. The quantitative estimate of drug-likeness (QED) is 0.908. The van der Waals surface area contributed by atoms with Gasteiger partial charge in [0.2, 0.25) is 0 Å². The SMILES string of the molecule is CC(c1ccc(Br)cc1F)N(C)CC1CCCNC1. The number of halogens is 2. The molecule has 1 aliphatic heterocycles. The van der Waals surface area contributed by atoms with E-state index in [0.29, 0.717) is 5.92 Å². The zero-order valence-electron chi connectivity index (χ0n) is 11.6. The highest BCUT2D eigenvalue weighted by molar-refractivity contribution is 9.10. The molecule has 2 unspecified atom stereocenters. The van der Waals surface area contributed by atoms with Gasteiger partial charge in [-0.2, -0.15) is 0 Å². The number of nitrogens with one attached hydrogen (secondary N) is 1. The van der Waals surface area contributed by atoms with E-state index in [9.17, 15) is 4.39 Å². The van der Waals surface area contributed by atoms with Crippen molar-refractivity contribution in [3.05, 3.63) is 34.1 Å². The maximum absolute atomic E-state index is 14.0. The largest absolute Gasteiger partial charge is 0.316 e. The molecule has 0 aliphatic carbocycles. The second-order valence-electron chi connectivity index (χ2n) is 5.49. The van der Waals surface area contributed by atoms with Crippen LogP contribution in [0.3, 0.4) is 0 Å². The van der Waals surface area contributed by atoms with E-state index in [1.165, 1.54) is 12.8 Å². The van der Waals surface area contributed by atoms with Gasteiger partial charge >= 0.3 is 0 Å². The lowest BCUT2D eigenvalue weighted by Gasteiger charge is -2.31. The van der Waals surface area contributed by atoms with E-state index in [-0.39, 0.29) is 11.9 Å². The molecule has 1 saturated heterocycles. The van der Waals surface area contributed by atoms with E-state index in [1.807, 2.05) is 12.1 Å². The van der Waals surface area contributed by atoms with Crippen molar-refractivity contribution in [2.24, 2.45) is 5.92 Å². The number of benzene rings is 1. The molecule has 0 spiro atoms. The molecule has 2 rings (SSSR count). The average Bonchev–Trinajstić information content (AvgIpc) is 2.39. The van der Waals surface area contributed by atoms with Crippen molar-refractivity contribution < 1.29 is 4.39 Å². The molecule has 1 fully saturated rings. The lowest BCUT2D eigenvalue weighted by atomic mass is 9.97. The predicted molar refractivity (Wildman–Crippen MR) is 80.7 cm³/mol. The highest BCUT2D eigenvalue weighted by Gasteiger charge is 2.20. The lowest BCUT2D eigenvalue weighted by Crippen LogP contribution is -2.37. The third-order valence-corrected chi connectivity index (χ3v) is 4.51. The summed E-state index contributed by atoms with van der Waals surface area (Å²) in [5, 5.41) is 3.43. The molecular formula is C15H22BrFN2. The van der Waals surface area contributed by atoms with Crippen LogP contribution < -0.4 is 5.32 Å². The Kier molecular flexibility index (Phi) is 5.37. The Hall–Kier alpha value is -0.450. The summed E-state index contributed by atoms with van der Waals surface area (Å²) >= 11 is 3.30. The van der Waals surface area contributed by atoms with Gasteiger partial charge in [0.15, 0.2) is 0 Å². The first-order chi connectivity index (χ1) is 9.08. The third kappa shape index (κ3) is 4.01. The van der Waals surface area contributed by atoms with Crippen molar-refractivity contribution in [2.75, 3.05) is 26.7 Å². The van der Waals surface area contributed by atoms with Crippen molar-refractivity contribution in [2.45, 2.75) is 25.8 Å². The molecule has 1 aromatic carbocycles. The first-order valence-electron chi connectivity index (χ1n) is 6.94. The van der Waals surface area contributed by atoms with Crippen LogP contribution in [-0.4, -0.2) is 31.6 Å². The van der Waals surface area contributed by atoms with Crippen LogP contribution in [0.15, 0.2) is 22.7 Å². The van der Waals surface area contributed by atoms with Crippen LogP contribution in [0.5, 0.6) is 0 Å². The molecule has 1 aromatic rings. The predicted octanol–water partition coefficient (Wildman–Crippen LogP) is 3.58. The summed E-state index contributed by atoms with van der Waals surface area (Å²) in [7, 11) is 2.08. The summed E-state index contributed by atoms with van der Waals surface area (Å²) in [5.74, 6) is 0.551. The standard InChI is InChI=1S/C15H22BrFN2/c1-11(14-6-5-13(16)8-15(14)17)19(2)10-12-4-3-7-18-9-12/h5-6,8,11-12,18H,3-4,7,9-10H2,1-2H3. The molecule has 19 heavy (non-hydrogen) atoms. The zero-order chi connectivity index (χ0) is 13.8. The molecule has 0 amide bonds. The highest BCUT2D eigenvalue weighted by Crippen LogP contribution is 2.25. The Morgan fingerprint density at radius 2 is 2.32 bits per heavy atom. The molecule has 1 heterocycles. The summed E-state index contributed by atoms with van der Waals surface area (Å²) in [6.45, 7) is 5.31. The van der Waals surface area contributed by atoms with Crippen molar-refractivity contribution >= 4 is 15.9 Å². The Labute approximate surface area is 123 Å². The van der Waals surface area contributed by atoms with E-state index in [1.54, 1.807) is 6.07 Å². The second-order valence-corrected chi connectivity index (χ2v) is 6.41. The third-order valence-electron chi connectivity index (χ3n) is 4.02. The average molecular weight is 329 g/mol. The lowest BCUT2D eigenvalue weighted by molar-refractivity contribution is 0.196. The smallest absolute Gasteiger partial charge is 0.129 e. The first kappa shape index (κ1) is 14.9. The van der Waals surface area contributed by atoms with Gasteiger partial charge in [0.1, 0.15) is 5.82 Å². The molecule has 0 radical (unpaired) electrons. The van der Waals surface area contributed by atoms with Crippen molar-refractivity contribution in [3.8, 4) is 0 Å². The number of piperidine rings is 1. The fourth-order valence-corrected chi connectivity index (χ4v) is 3.06. The zero-order valence-corrected chi connectivity index (χ0v) is 13.2. The number of rotatable bonds is 4. The molecule has 2 atom stereocenters. The molecule has 1 aliphatic rings. The van der Waals surface area contributed by atoms with Crippen LogP contribution in [0.1, 0.15) is 31.4 Å². The van der Waals surface area contributed by atoms with E-state index in [2.05, 4.69) is 40.1 Å². The molecule has 0 bridgehead atoms. The fourth-order valence-electron chi connectivity index (χ4n) is 2.72. The Balaban J connectivity index is 1.99. The van der Waals surface area contributed by atoms with Crippen molar-refractivity contribution in [1.29, 1.82) is 0 Å². The van der Waals surface area contributed by atoms with Crippen LogP contribution in [-0.2, 0) is 0 Å².